The number of hydrogen-bond donors (Lipinski definition) is 1. The Balaban J connectivity index is 1.50. The topological polar surface area (TPSA) is 97.1 Å². The molecule has 0 bridgehead atoms. The summed E-state index contributed by atoms with van der Waals surface area (Å²) in [7, 11) is 0. The largest absolute Gasteiger partial charge is 0.458 e. The number of aliphatic imine (C=N–C) groups is 1. The fourth-order valence-electron chi connectivity index (χ4n) is 4.95. The zero-order chi connectivity index (χ0) is 25.6. The highest BCUT2D eigenvalue weighted by molar-refractivity contribution is 6.31. The highest BCUT2D eigenvalue weighted by Crippen LogP contribution is 2.30. The van der Waals surface area contributed by atoms with Crippen molar-refractivity contribution >= 4 is 17.2 Å². The number of benzene rings is 1. The van der Waals surface area contributed by atoms with Crippen molar-refractivity contribution in [3.8, 4) is 6.01 Å². The second-order valence-electron chi connectivity index (χ2n) is 10.2. The Morgan fingerprint density at radius 2 is 1.95 bits per heavy atom. The maximum atomic E-state index is 12.0. The third-order valence-electron chi connectivity index (χ3n) is 7.47. The Morgan fingerprint density at radius 3 is 2.59 bits per heavy atom. The predicted octanol–water partition coefficient (Wildman–Crippen LogP) is 3.61. The minimum absolute atomic E-state index is 0.0312. The minimum Gasteiger partial charge on any atom is -0.458 e. The first-order chi connectivity index (χ1) is 18.1. The van der Waals surface area contributed by atoms with Crippen molar-refractivity contribution in [2.24, 2.45) is 10.9 Å². The number of hydrogen-bond acceptors (Lipinski definition) is 7. The number of ether oxygens (including phenoxy) is 2. The molecule has 1 atom stereocenters. The predicted molar refractivity (Wildman–Crippen MR) is 142 cm³/mol. The van der Waals surface area contributed by atoms with Crippen LogP contribution in [0.15, 0.2) is 47.6 Å². The Labute approximate surface area is 218 Å². The van der Waals surface area contributed by atoms with E-state index in [1.54, 1.807) is 11.1 Å². The zero-order valence-electron chi connectivity index (χ0n) is 21.5. The molecule has 0 spiro atoms. The molecule has 37 heavy (non-hydrogen) atoms. The normalized spacial score (nSPS) is 21.7. The van der Waals surface area contributed by atoms with Crippen LogP contribution in [0.3, 0.4) is 0 Å². The van der Waals surface area contributed by atoms with Gasteiger partial charge in [-0.3, -0.25) is 9.79 Å². The van der Waals surface area contributed by atoms with Gasteiger partial charge in [0.1, 0.15) is 12.7 Å². The lowest BCUT2D eigenvalue weighted by Crippen LogP contribution is -2.39. The van der Waals surface area contributed by atoms with Gasteiger partial charge >= 0.3 is 6.01 Å². The summed E-state index contributed by atoms with van der Waals surface area (Å²) in [4.78, 5) is 28.2. The maximum Gasteiger partial charge on any atom is 0.317 e. The fourth-order valence-corrected chi connectivity index (χ4v) is 4.95. The fraction of sp³-hybridized carbons (Fsp3) is 0.517. The number of aromatic nitrogens is 2. The molecule has 5 rings (SSSR count). The van der Waals surface area contributed by atoms with Crippen molar-refractivity contribution in [1.82, 2.24) is 14.9 Å². The van der Waals surface area contributed by atoms with Crippen LogP contribution < -0.4 is 4.74 Å². The van der Waals surface area contributed by atoms with Crippen molar-refractivity contribution in [2.75, 3.05) is 32.9 Å². The lowest BCUT2D eigenvalue weighted by Gasteiger charge is -2.31. The molecule has 1 saturated carbocycles. The van der Waals surface area contributed by atoms with Gasteiger partial charge in [-0.2, -0.15) is 4.98 Å². The molecule has 1 N–H and O–H groups in total. The lowest BCUT2D eigenvalue weighted by atomic mass is 9.88. The van der Waals surface area contributed by atoms with E-state index >= 15 is 0 Å². The number of carbonyl (C=O) groups is 1. The molecular formula is C29H36N4O4. The number of piperidine rings is 1. The second kappa shape index (κ2) is 12.0. The number of aryl methyl sites for hydroxylation is 1. The first kappa shape index (κ1) is 25.5. The first-order valence-electron chi connectivity index (χ1n) is 13.4. The van der Waals surface area contributed by atoms with E-state index in [1.807, 2.05) is 6.07 Å². The smallest absolute Gasteiger partial charge is 0.317 e. The highest BCUT2D eigenvalue weighted by atomic mass is 16.6. The van der Waals surface area contributed by atoms with E-state index in [0.29, 0.717) is 38.4 Å². The third kappa shape index (κ3) is 6.43. The average Bonchev–Trinajstić information content (AvgIpc) is 3.41. The number of rotatable bonds is 8. The van der Waals surface area contributed by atoms with Gasteiger partial charge in [-0.25, -0.2) is 4.98 Å². The first-order valence-corrected chi connectivity index (χ1v) is 13.4. The van der Waals surface area contributed by atoms with E-state index in [9.17, 15) is 9.90 Å². The maximum absolute atomic E-state index is 12.0. The molecule has 2 saturated heterocycles. The van der Waals surface area contributed by atoms with Crippen LogP contribution in [0.2, 0.25) is 0 Å². The summed E-state index contributed by atoms with van der Waals surface area (Å²) in [6.07, 6.45) is 9.90. The van der Waals surface area contributed by atoms with Gasteiger partial charge in [-0.05, 0) is 51.0 Å². The standard InChI is InChI=1S/C29H36N4O4/c1-20-5-7-22(8-6-20)28(31-23-3-2-4-23)25(17-21-10-14-33(15-11-21)27(35)18-34)26-9-13-30-29(32-26)37-24-12-16-36-19-24/h5-9,13,17,21,23-24,34H,2-4,10-12,14-16,18-19H2,1H3/b25-17+,31-28?/t24-/m0/s1. The van der Waals surface area contributed by atoms with Gasteiger partial charge in [-0.1, -0.05) is 35.9 Å². The molecule has 2 aromatic rings. The van der Waals surface area contributed by atoms with Crippen LogP contribution in [0.25, 0.3) is 5.57 Å². The van der Waals surface area contributed by atoms with Gasteiger partial charge in [-0.15, -0.1) is 0 Å². The van der Waals surface area contributed by atoms with Crippen LogP contribution in [0.1, 0.15) is 55.3 Å². The Bertz CT molecular complexity index is 1130. The number of aliphatic hydroxyl groups excluding tert-OH is 1. The van der Waals surface area contributed by atoms with Gasteiger partial charge < -0.3 is 19.5 Å². The molecule has 3 fully saturated rings. The van der Waals surface area contributed by atoms with Crippen molar-refractivity contribution < 1.29 is 19.4 Å². The van der Waals surface area contributed by atoms with E-state index in [2.05, 4.69) is 42.2 Å². The summed E-state index contributed by atoms with van der Waals surface area (Å²) in [6.45, 7) is 4.16. The summed E-state index contributed by atoms with van der Waals surface area (Å²) in [5.41, 5.74) is 5.00. The van der Waals surface area contributed by atoms with Crippen LogP contribution in [-0.4, -0.2) is 76.6 Å². The van der Waals surface area contributed by atoms with Crippen LogP contribution in [0.5, 0.6) is 6.01 Å². The van der Waals surface area contributed by atoms with Crippen molar-refractivity contribution in [3.63, 3.8) is 0 Å². The van der Waals surface area contributed by atoms with Crippen molar-refractivity contribution in [1.29, 1.82) is 0 Å². The number of aliphatic hydroxyl groups is 1. The summed E-state index contributed by atoms with van der Waals surface area (Å²) < 4.78 is 11.5. The summed E-state index contributed by atoms with van der Waals surface area (Å²) in [6, 6.07) is 11.1. The van der Waals surface area contributed by atoms with Gasteiger partial charge in [0.05, 0.1) is 30.7 Å². The molecule has 3 aliphatic rings. The van der Waals surface area contributed by atoms with E-state index < -0.39 is 6.61 Å². The molecule has 1 amide bonds. The van der Waals surface area contributed by atoms with Crippen LogP contribution in [0.4, 0.5) is 0 Å². The van der Waals surface area contributed by atoms with Gasteiger partial charge in [0.15, 0.2) is 0 Å². The second-order valence-corrected chi connectivity index (χ2v) is 10.2. The molecule has 1 aliphatic carbocycles. The molecule has 8 heteroatoms. The van der Waals surface area contributed by atoms with E-state index in [1.165, 1.54) is 12.0 Å². The molecule has 8 nitrogen and oxygen atoms in total. The quantitative estimate of drug-likeness (QED) is 0.552. The molecule has 0 unspecified atom stereocenters. The Kier molecular flexibility index (Phi) is 8.26. The van der Waals surface area contributed by atoms with Gasteiger partial charge in [0.25, 0.3) is 0 Å². The monoisotopic (exact) mass is 504 g/mol. The van der Waals surface area contributed by atoms with Crippen LogP contribution in [-0.2, 0) is 9.53 Å². The number of carbonyl (C=O) groups excluding carboxylic acids is 1. The number of nitrogens with zero attached hydrogens (tertiary/aromatic N) is 4. The zero-order valence-corrected chi connectivity index (χ0v) is 21.5. The molecule has 0 radical (unpaired) electrons. The SMILES string of the molecule is Cc1ccc(C(=NC2CCC2)/C(=C/C2CCN(C(=O)CO)CC2)c2ccnc(O[C@H]3CCOC3)n2)cc1. The molecular weight excluding hydrogens is 468 g/mol. The van der Waals surface area contributed by atoms with Gasteiger partial charge in [0.2, 0.25) is 5.91 Å². The summed E-state index contributed by atoms with van der Waals surface area (Å²) in [5.74, 6) is 0.0559. The van der Waals surface area contributed by atoms with E-state index in [0.717, 1.165) is 54.6 Å². The van der Waals surface area contributed by atoms with Crippen LogP contribution >= 0.6 is 0 Å². The molecule has 3 heterocycles. The third-order valence-corrected chi connectivity index (χ3v) is 7.47. The number of likely N-dealkylation sites (tertiary alicyclic amines) is 1. The molecule has 196 valence electrons. The molecule has 2 aliphatic heterocycles. The summed E-state index contributed by atoms with van der Waals surface area (Å²) in [5, 5.41) is 9.25. The van der Waals surface area contributed by atoms with Crippen molar-refractivity contribution in [2.45, 2.75) is 57.6 Å². The van der Waals surface area contributed by atoms with E-state index in [-0.39, 0.29) is 17.9 Å². The molecule has 1 aromatic heterocycles. The van der Waals surface area contributed by atoms with E-state index in [4.69, 9.17) is 19.5 Å². The minimum atomic E-state index is -0.437. The highest BCUT2D eigenvalue weighted by Gasteiger charge is 2.26. The van der Waals surface area contributed by atoms with Crippen molar-refractivity contribution in [3.05, 3.63) is 59.4 Å². The Hall–Kier alpha value is -3.10. The van der Waals surface area contributed by atoms with Gasteiger partial charge in [0, 0.05) is 36.8 Å². The lowest BCUT2D eigenvalue weighted by molar-refractivity contribution is -0.135. The number of allylic oxidation sites excluding steroid dienone is 2. The molecule has 1 aromatic carbocycles. The average molecular weight is 505 g/mol. The Morgan fingerprint density at radius 1 is 1.16 bits per heavy atom. The summed E-state index contributed by atoms with van der Waals surface area (Å²) >= 11 is 0. The number of amides is 1. The van der Waals surface area contributed by atoms with Crippen LogP contribution in [0, 0.1) is 12.8 Å².